The number of carboxylic acids is 1. The second kappa shape index (κ2) is 5.12. The Morgan fingerprint density at radius 1 is 1.31 bits per heavy atom. The van der Waals surface area contributed by atoms with E-state index in [9.17, 15) is 4.79 Å². The third-order valence-electron chi connectivity index (χ3n) is 2.95. The summed E-state index contributed by atoms with van der Waals surface area (Å²) in [6.45, 7) is 1.66. The molecule has 2 rings (SSSR count). The lowest BCUT2D eigenvalue weighted by atomic mass is 9.96. The van der Waals surface area contributed by atoms with E-state index in [0.717, 1.165) is 19.6 Å². The second-order valence-corrected chi connectivity index (χ2v) is 4.22. The molecule has 1 N–H and O–H groups in total. The van der Waals surface area contributed by atoms with Crippen molar-refractivity contribution >= 4 is 5.97 Å². The number of aliphatic carboxylic acids is 1. The minimum absolute atomic E-state index is 0.248. The molecule has 0 aromatic heterocycles. The molecule has 0 unspecified atom stereocenters. The average molecular weight is 220 g/mol. The van der Waals surface area contributed by atoms with Crippen molar-refractivity contribution in [1.82, 2.24) is 0 Å². The van der Waals surface area contributed by atoms with Crippen LogP contribution in [0.3, 0.4) is 0 Å². The Labute approximate surface area is 95.0 Å². The van der Waals surface area contributed by atoms with Crippen LogP contribution < -0.4 is 0 Å². The highest BCUT2D eigenvalue weighted by Gasteiger charge is 2.19. The zero-order valence-corrected chi connectivity index (χ0v) is 9.19. The molecule has 1 aromatic carbocycles. The molecule has 1 aliphatic heterocycles. The zero-order chi connectivity index (χ0) is 11.4. The van der Waals surface area contributed by atoms with Crippen LogP contribution in [0, 0.1) is 0 Å². The van der Waals surface area contributed by atoms with Crippen molar-refractivity contribution in [2.75, 3.05) is 13.2 Å². The maximum atomic E-state index is 10.4. The topological polar surface area (TPSA) is 46.5 Å². The summed E-state index contributed by atoms with van der Waals surface area (Å²) in [6, 6.07) is 8.44. The SMILES string of the molecule is O=C(O)CCCc1ccc(C2COC2)cc1. The molecule has 1 fully saturated rings. The molecule has 1 aliphatic rings. The number of benzene rings is 1. The van der Waals surface area contributed by atoms with Gasteiger partial charge in [0.1, 0.15) is 0 Å². The molecule has 0 aliphatic carbocycles. The van der Waals surface area contributed by atoms with Gasteiger partial charge < -0.3 is 9.84 Å². The molecule has 1 saturated heterocycles. The van der Waals surface area contributed by atoms with E-state index >= 15 is 0 Å². The molecule has 0 saturated carbocycles. The number of carboxylic acid groups (broad SMARTS) is 1. The molecule has 0 bridgehead atoms. The van der Waals surface area contributed by atoms with Gasteiger partial charge in [-0.1, -0.05) is 24.3 Å². The zero-order valence-electron chi connectivity index (χ0n) is 9.19. The van der Waals surface area contributed by atoms with Crippen LogP contribution in [0.4, 0.5) is 0 Å². The Kier molecular flexibility index (Phi) is 3.57. The molecule has 0 radical (unpaired) electrons. The van der Waals surface area contributed by atoms with Crippen LogP contribution in [-0.4, -0.2) is 24.3 Å². The largest absolute Gasteiger partial charge is 0.481 e. The fraction of sp³-hybridized carbons (Fsp3) is 0.462. The Balaban J connectivity index is 1.84. The first-order valence-corrected chi connectivity index (χ1v) is 5.64. The van der Waals surface area contributed by atoms with E-state index in [4.69, 9.17) is 9.84 Å². The summed E-state index contributed by atoms with van der Waals surface area (Å²) in [5.41, 5.74) is 2.54. The molecule has 1 aromatic rings. The Hall–Kier alpha value is -1.35. The summed E-state index contributed by atoms with van der Waals surface area (Å²) in [5, 5.41) is 8.53. The van der Waals surface area contributed by atoms with Gasteiger partial charge in [-0.05, 0) is 24.0 Å². The van der Waals surface area contributed by atoms with Crippen LogP contribution in [0.15, 0.2) is 24.3 Å². The standard InChI is InChI=1S/C13H16O3/c14-13(15)3-1-2-10-4-6-11(7-5-10)12-8-16-9-12/h4-7,12H,1-3,8-9H2,(H,14,15). The van der Waals surface area contributed by atoms with Crippen molar-refractivity contribution in [3.05, 3.63) is 35.4 Å². The van der Waals surface area contributed by atoms with Crippen molar-refractivity contribution in [1.29, 1.82) is 0 Å². The van der Waals surface area contributed by atoms with Gasteiger partial charge in [0.25, 0.3) is 0 Å². The lowest BCUT2D eigenvalue weighted by molar-refractivity contribution is -0.137. The predicted molar refractivity (Wildman–Crippen MR) is 60.6 cm³/mol. The Bertz CT molecular complexity index is 352. The average Bonchev–Trinajstić information content (AvgIpc) is 2.17. The number of hydrogen-bond donors (Lipinski definition) is 1. The van der Waals surface area contributed by atoms with Gasteiger partial charge in [-0.3, -0.25) is 4.79 Å². The van der Waals surface area contributed by atoms with E-state index < -0.39 is 5.97 Å². The van der Waals surface area contributed by atoms with Gasteiger partial charge in [-0.2, -0.15) is 0 Å². The molecule has 0 atom stereocenters. The molecule has 0 spiro atoms. The molecule has 1 heterocycles. The van der Waals surface area contributed by atoms with Crippen LogP contribution in [0.5, 0.6) is 0 Å². The quantitative estimate of drug-likeness (QED) is 0.827. The molecule has 16 heavy (non-hydrogen) atoms. The number of rotatable bonds is 5. The minimum Gasteiger partial charge on any atom is -0.481 e. The van der Waals surface area contributed by atoms with Crippen LogP contribution >= 0.6 is 0 Å². The lowest BCUT2D eigenvalue weighted by Crippen LogP contribution is -2.24. The van der Waals surface area contributed by atoms with Gasteiger partial charge in [0.15, 0.2) is 0 Å². The van der Waals surface area contributed by atoms with Gasteiger partial charge in [-0.25, -0.2) is 0 Å². The maximum absolute atomic E-state index is 10.4. The molecule has 86 valence electrons. The smallest absolute Gasteiger partial charge is 0.303 e. The first kappa shape index (κ1) is 11.1. The van der Waals surface area contributed by atoms with Crippen molar-refractivity contribution in [3.8, 4) is 0 Å². The summed E-state index contributed by atoms with van der Waals surface area (Å²) < 4.78 is 5.15. The van der Waals surface area contributed by atoms with Gasteiger partial charge in [-0.15, -0.1) is 0 Å². The minimum atomic E-state index is -0.719. The Morgan fingerprint density at radius 2 is 2.00 bits per heavy atom. The molecule has 3 heteroatoms. The van der Waals surface area contributed by atoms with Gasteiger partial charge in [0.05, 0.1) is 13.2 Å². The highest BCUT2D eigenvalue weighted by atomic mass is 16.5. The van der Waals surface area contributed by atoms with Gasteiger partial charge in [0, 0.05) is 12.3 Å². The highest BCUT2D eigenvalue weighted by Crippen LogP contribution is 2.24. The Morgan fingerprint density at radius 3 is 2.50 bits per heavy atom. The lowest BCUT2D eigenvalue weighted by Gasteiger charge is -2.26. The summed E-state index contributed by atoms with van der Waals surface area (Å²) in [7, 11) is 0. The molecule has 0 amide bonds. The fourth-order valence-corrected chi connectivity index (χ4v) is 1.83. The molecule has 3 nitrogen and oxygen atoms in total. The monoisotopic (exact) mass is 220 g/mol. The normalized spacial score (nSPS) is 15.8. The highest BCUT2D eigenvalue weighted by molar-refractivity contribution is 5.66. The third-order valence-corrected chi connectivity index (χ3v) is 2.95. The first-order valence-electron chi connectivity index (χ1n) is 5.64. The van der Waals surface area contributed by atoms with Gasteiger partial charge in [0.2, 0.25) is 0 Å². The predicted octanol–water partition coefficient (Wildman–Crippen LogP) is 2.21. The number of aryl methyl sites for hydroxylation is 1. The summed E-state index contributed by atoms with van der Waals surface area (Å²) >= 11 is 0. The summed E-state index contributed by atoms with van der Waals surface area (Å²) in [4.78, 5) is 10.4. The number of ether oxygens (including phenoxy) is 1. The van der Waals surface area contributed by atoms with E-state index in [1.54, 1.807) is 0 Å². The van der Waals surface area contributed by atoms with E-state index in [0.29, 0.717) is 12.3 Å². The van der Waals surface area contributed by atoms with Crippen molar-refractivity contribution < 1.29 is 14.6 Å². The van der Waals surface area contributed by atoms with Crippen molar-refractivity contribution in [3.63, 3.8) is 0 Å². The van der Waals surface area contributed by atoms with Gasteiger partial charge >= 0.3 is 5.97 Å². The van der Waals surface area contributed by atoms with Crippen LogP contribution in [0.1, 0.15) is 29.9 Å². The summed E-state index contributed by atoms with van der Waals surface area (Å²) in [5.74, 6) is -0.156. The molecular formula is C13H16O3. The third kappa shape index (κ3) is 2.83. The van der Waals surface area contributed by atoms with Crippen LogP contribution in [-0.2, 0) is 16.0 Å². The van der Waals surface area contributed by atoms with Crippen molar-refractivity contribution in [2.45, 2.75) is 25.2 Å². The maximum Gasteiger partial charge on any atom is 0.303 e. The number of hydrogen-bond acceptors (Lipinski definition) is 2. The molecular weight excluding hydrogens is 204 g/mol. The van der Waals surface area contributed by atoms with E-state index in [1.807, 2.05) is 0 Å². The van der Waals surface area contributed by atoms with Crippen molar-refractivity contribution in [2.24, 2.45) is 0 Å². The van der Waals surface area contributed by atoms with E-state index in [-0.39, 0.29) is 6.42 Å². The summed E-state index contributed by atoms with van der Waals surface area (Å²) in [6.07, 6.45) is 1.80. The fourth-order valence-electron chi connectivity index (χ4n) is 1.83. The second-order valence-electron chi connectivity index (χ2n) is 4.22. The number of carbonyl (C=O) groups is 1. The first-order chi connectivity index (χ1) is 7.75. The van der Waals surface area contributed by atoms with Crippen LogP contribution in [0.25, 0.3) is 0 Å². The van der Waals surface area contributed by atoms with E-state index in [2.05, 4.69) is 24.3 Å². The van der Waals surface area contributed by atoms with Crippen LogP contribution in [0.2, 0.25) is 0 Å². The van der Waals surface area contributed by atoms with E-state index in [1.165, 1.54) is 11.1 Å².